The van der Waals surface area contributed by atoms with Gasteiger partial charge in [0.15, 0.2) is 4.90 Å². The van der Waals surface area contributed by atoms with E-state index in [1.54, 1.807) is 17.8 Å². The quantitative estimate of drug-likeness (QED) is 0.592. The van der Waals surface area contributed by atoms with Crippen molar-refractivity contribution in [1.82, 2.24) is 14.1 Å². The van der Waals surface area contributed by atoms with Crippen LogP contribution >= 0.6 is 0 Å². The van der Waals surface area contributed by atoms with Crippen molar-refractivity contribution in [1.29, 1.82) is 0 Å². The maximum Gasteiger partial charge on any atom is 0.289 e. The summed E-state index contributed by atoms with van der Waals surface area (Å²) in [7, 11) is -2.57. The third-order valence-corrected chi connectivity index (χ3v) is 5.37. The Morgan fingerprint density at radius 1 is 1.35 bits per heavy atom. The lowest BCUT2D eigenvalue weighted by atomic mass is 10.3. The largest absolute Gasteiger partial charge is 0.289 e. The summed E-state index contributed by atoms with van der Waals surface area (Å²) in [5.74, 6) is 0. The molecule has 1 aromatic heterocycles. The van der Waals surface area contributed by atoms with Crippen LogP contribution in [-0.2, 0) is 23.1 Å². The number of sulfonamides is 1. The summed E-state index contributed by atoms with van der Waals surface area (Å²) in [5, 5.41) is 15.3. The number of hydrogen-bond acceptors (Lipinski definition) is 5. The van der Waals surface area contributed by atoms with E-state index in [-0.39, 0.29) is 11.4 Å². The molecule has 1 heterocycles. The van der Waals surface area contributed by atoms with Gasteiger partial charge in [-0.15, -0.1) is 0 Å². The molecule has 0 unspecified atom stereocenters. The molecule has 0 spiro atoms. The van der Waals surface area contributed by atoms with Crippen molar-refractivity contribution in [2.75, 3.05) is 7.05 Å². The van der Waals surface area contributed by atoms with Gasteiger partial charge in [0, 0.05) is 38.0 Å². The Labute approximate surface area is 134 Å². The van der Waals surface area contributed by atoms with Crippen LogP contribution in [0.2, 0.25) is 0 Å². The second-order valence-corrected chi connectivity index (χ2v) is 7.09. The minimum atomic E-state index is -3.97. The van der Waals surface area contributed by atoms with Gasteiger partial charge in [-0.3, -0.25) is 14.8 Å². The van der Waals surface area contributed by atoms with Gasteiger partial charge < -0.3 is 0 Å². The molecule has 9 heteroatoms. The van der Waals surface area contributed by atoms with E-state index in [9.17, 15) is 18.5 Å². The molecule has 2 rings (SSSR count). The third kappa shape index (κ3) is 3.40. The lowest BCUT2D eigenvalue weighted by Gasteiger charge is -2.16. The first-order chi connectivity index (χ1) is 10.8. The number of nitrogens with zero attached hydrogens (tertiary/aromatic N) is 4. The predicted octanol–water partition coefficient (Wildman–Crippen LogP) is 1.94. The molecule has 124 valence electrons. The summed E-state index contributed by atoms with van der Waals surface area (Å²) in [5.41, 5.74) is 1.06. The number of rotatable bonds is 6. The fraction of sp³-hybridized carbons (Fsp3) is 0.357. The summed E-state index contributed by atoms with van der Waals surface area (Å²) >= 11 is 0. The minimum Gasteiger partial charge on any atom is -0.272 e. The Morgan fingerprint density at radius 3 is 2.57 bits per heavy atom. The average molecular weight is 338 g/mol. The van der Waals surface area contributed by atoms with Gasteiger partial charge in [-0.2, -0.15) is 9.40 Å². The molecular weight excluding hydrogens is 320 g/mol. The minimum absolute atomic E-state index is 0.0974. The van der Waals surface area contributed by atoms with Gasteiger partial charge in [-0.05, 0) is 19.9 Å². The van der Waals surface area contributed by atoms with E-state index >= 15 is 0 Å². The van der Waals surface area contributed by atoms with Gasteiger partial charge in [-0.25, -0.2) is 8.42 Å². The third-order valence-electron chi connectivity index (χ3n) is 3.52. The van der Waals surface area contributed by atoms with Gasteiger partial charge in [0.2, 0.25) is 10.0 Å². The fourth-order valence-electron chi connectivity index (χ4n) is 2.20. The van der Waals surface area contributed by atoms with Crippen LogP contribution in [0.4, 0.5) is 5.69 Å². The first kappa shape index (κ1) is 17.1. The van der Waals surface area contributed by atoms with Crippen molar-refractivity contribution < 1.29 is 13.3 Å². The molecule has 0 aliphatic heterocycles. The maximum absolute atomic E-state index is 12.6. The first-order valence-electron chi connectivity index (χ1n) is 7.00. The van der Waals surface area contributed by atoms with Crippen LogP contribution in [0.1, 0.15) is 18.2 Å². The van der Waals surface area contributed by atoms with Crippen molar-refractivity contribution >= 4 is 15.7 Å². The highest BCUT2D eigenvalue weighted by atomic mass is 32.2. The van der Waals surface area contributed by atoms with Gasteiger partial charge in [0.1, 0.15) is 0 Å². The summed E-state index contributed by atoms with van der Waals surface area (Å²) in [6.07, 6.45) is 1.78. The van der Waals surface area contributed by atoms with Gasteiger partial charge in [0.05, 0.1) is 10.6 Å². The highest BCUT2D eigenvalue weighted by molar-refractivity contribution is 7.89. The molecule has 8 nitrogen and oxygen atoms in total. The average Bonchev–Trinajstić information content (AvgIpc) is 2.87. The highest BCUT2D eigenvalue weighted by Gasteiger charge is 2.29. The Bertz CT molecular complexity index is 829. The van der Waals surface area contributed by atoms with E-state index < -0.39 is 20.6 Å². The SMILES string of the molecule is CCn1cc(CN(C)S(=O)(=O)c2ccccc2[N+](=O)[O-])c(C)n1. The number of para-hydroxylation sites is 1. The molecule has 0 bridgehead atoms. The standard InChI is InChI=1S/C14H18N4O4S/c1-4-17-10-12(11(2)15-17)9-16(3)23(21,22)14-8-6-5-7-13(14)18(19)20/h5-8,10H,4,9H2,1-3H3. The lowest BCUT2D eigenvalue weighted by molar-refractivity contribution is -0.387. The molecule has 1 aromatic carbocycles. The predicted molar refractivity (Wildman–Crippen MR) is 84.4 cm³/mol. The molecule has 0 radical (unpaired) electrons. The van der Waals surface area contributed by atoms with E-state index in [0.717, 1.165) is 15.6 Å². The zero-order chi connectivity index (χ0) is 17.2. The molecule has 0 fully saturated rings. The van der Waals surface area contributed by atoms with Crippen LogP contribution in [0.5, 0.6) is 0 Å². The number of aromatic nitrogens is 2. The molecule has 0 aliphatic carbocycles. The first-order valence-corrected chi connectivity index (χ1v) is 8.44. The van der Waals surface area contributed by atoms with E-state index in [2.05, 4.69) is 5.10 Å². The summed E-state index contributed by atoms with van der Waals surface area (Å²) in [4.78, 5) is 10.0. The fourth-order valence-corrected chi connectivity index (χ4v) is 3.50. The van der Waals surface area contributed by atoms with Crippen LogP contribution in [0.25, 0.3) is 0 Å². The molecule has 0 aliphatic rings. The number of nitro groups is 1. The Balaban J connectivity index is 2.36. The van der Waals surface area contributed by atoms with E-state index in [1.807, 2.05) is 6.92 Å². The Morgan fingerprint density at radius 2 is 2.00 bits per heavy atom. The molecule has 0 N–H and O–H groups in total. The van der Waals surface area contributed by atoms with Gasteiger partial charge in [-0.1, -0.05) is 12.1 Å². The van der Waals surface area contributed by atoms with Crippen LogP contribution in [0, 0.1) is 17.0 Å². The van der Waals surface area contributed by atoms with Gasteiger partial charge in [0.25, 0.3) is 5.69 Å². The van der Waals surface area contributed by atoms with Crippen LogP contribution in [-0.4, -0.2) is 34.5 Å². The molecule has 0 saturated carbocycles. The van der Waals surface area contributed by atoms with Crippen molar-refractivity contribution in [3.8, 4) is 0 Å². The number of aryl methyl sites for hydroxylation is 2. The molecular formula is C14H18N4O4S. The summed E-state index contributed by atoms with van der Waals surface area (Å²) in [6, 6.07) is 5.33. The van der Waals surface area contributed by atoms with Crippen LogP contribution < -0.4 is 0 Å². The smallest absolute Gasteiger partial charge is 0.272 e. The van der Waals surface area contributed by atoms with E-state index in [0.29, 0.717) is 6.54 Å². The number of hydrogen-bond donors (Lipinski definition) is 0. The second kappa shape index (κ2) is 6.47. The molecule has 0 saturated heterocycles. The second-order valence-electron chi connectivity index (χ2n) is 5.08. The van der Waals surface area contributed by atoms with Gasteiger partial charge >= 0.3 is 0 Å². The van der Waals surface area contributed by atoms with Crippen LogP contribution in [0.3, 0.4) is 0 Å². The molecule has 0 amide bonds. The maximum atomic E-state index is 12.6. The van der Waals surface area contributed by atoms with Crippen molar-refractivity contribution in [3.05, 3.63) is 51.8 Å². The zero-order valence-corrected chi connectivity index (χ0v) is 13.9. The Hall–Kier alpha value is -2.26. The monoisotopic (exact) mass is 338 g/mol. The summed E-state index contributed by atoms with van der Waals surface area (Å²) < 4.78 is 28.1. The molecule has 23 heavy (non-hydrogen) atoms. The zero-order valence-electron chi connectivity index (χ0n) is 13.1. The van der Waals surface area contributed by atoms with Crippen molar-refractivity contribution in [2.24, 2.45) is 0 Å². The van der Waals surface area contributed by atoms with Crippen molar-refractivity contribution in [3.63, 3.8) is 0 Å². The normalized spacial score (nSPS) is 11.8. The topological polar surface area (TPSA) is 98.3 Å². The van der Waals surface area contributed by atoms with Crippen LogP contribution in [0.15, 0.2) is 35.4 Å². The molecule has 2 aromatic rings. The van der Waals surface area contributed by atoms with Crippen molar-refractivity contribution in [2.45, 2.75) is 31.8 Å². The lowest BCUT2D eigenvalue weighted by Crippen LogP contribution is -2.27. The molecule has 0 atom stereocenters. The number of benzene rings is 1. The highest BCUT2D eigenvalue weighted by Crippen LogP contribution is 2.26. The van der Waals surface area contributed by atoms with E-state index in [1.165, 1.54) is 31.3 Å². The van der Waals surface area contributed by atoms with E-state index in [4.69, 9.17) is 0 Å². The summed E-state index contributed by atoms with van der Waals surface area (Å²) in [6.45, 7) is 4.51. The number of nitro benzene ring substituents is 1. The Kier molecular flexibility index (Phi) is 4.81.